The van der Waals surface area contributed by atoms with Gasteiger partial charge < -0.3 is 15.7 Å². The van der Waals surface area contributed by atoms with Crippen LogP contribution in [-0.2, 0) is 0 Å². The summed E-state index contributed by atoms with van der Waals surface area (Å²) in [5.74, 6) is -0.0256. The number of aliphatic hydroxyl groups excluding tert-OH is 1. The number of carbonyl (C=O) groups is 2. The maximum atomic E-state index is 11.9. The second kappa shape index (κ2) is 7.56. The van der Waals surface area contributed by atoms with Gasteiger partial charge in [0.15, 0.2) is 5.78 Å². The van der Waals surface area contributed by atoms with Crippen LogP contribution in [0.4, 0.5) is 10.5 Å². The minimum absolute atomic E-state index is 0.0256. The predicted molar refractivity (Wildman–Crippen MR) is 89.6 cm³/mol. The average Bonchev–Trinajstić information content (AvgIpc) is 2.53. The van der Waals surface area contributed by atoms with Crippen molar-refractivity contribution < 1.29 is 14.7 Å². The fourth-order valence-electron chi connectivity index (χ4n) is 2.22. The number of aliphatic hydroxyl groups is 1. The minimum atomic E-state index is -0.762. The molecular weight excluding hydrogens is 292 g/mol. The van der Waals surface area contributed by atoms with Gasteiger partial charge >= 0.3 is 6.03 Å². The lowest BCUT2D eigenvalue weighted by atomic mass is 10.0. The molecule has 0 heterocycles. The Bertz CT molecular complexity index is 696. The highest BCUT2D eigenvalue weighted by Crippen LogP contribution is 2.16. The maximum Gasteiger partial charge on any atom is 0.319 e. The second-order valence-corrected chi connectivity index (χ2v) is 5.34. The number of anilines is 1. The average molecular weight is 312 g/mol. The van der Waals surface area contributed by atoms with E-state index in [1.807, 2.05) is 31.2 Å². The summed E-state index contributed by atoms with van der Waals surface area (Å²) >= 11 is 0. The molecule has 0 saturated heterocycles. The van der Waals surface area contributed by atoms with Crippen molar-refractivity contribution in [1.29, 1.82) is 0 Å². The lowest BCUT2D eigenvalue weighted by Crippen LogP contribution is -2.32. The largest absolute Gasteiger partial charge is 0.387 e. The highest BCUT2D eigenvalue weighted by Gasteiger charge is 2.11. The molecule has 0 fully saturated rings. The van der Waals surface area contributed by atoms with Gasteiger partial charge in [-0.2, -0.15) is 0 Å². The molecule has 1 unspecified atom stereocenters. The molecule has 5 nitrogen and oxygen atoms in total. The third-order valence-electron chi connectivity index (χ3n) is 3.55. The molecule has 0 aliphatic carbocycles. The fraction of sp³-hybridized carbons (Fsp3) is 0.222. The summed E-state index contributed by atoms with van der Waals surface area (Å²) in [4.78, 5) is 23.0. The molecule has 0 saturated carbocycles. The van der Waals surface area contributed by atoms with Crippen LogP contribution in [0.2, 0.25) is 0 Å². The standard InChI is InChI=1S/C18H20N2O3/c1-12-5-3-4-6-16(12)17(22)11-19-18(23)20-15-9-7-14(8-10-15)13(2)21/h3-10,17,22H,11H2,1-2H3,(H2,19,20,23). The Morgan fingerprint density at radius 2 is 1.74 bits per heavy atom. The first-order chi connectivity index (χ1) is 11.0. The number of nitrogens with one attached hydrogen (secondary N) is 2. The monoisotopic (exact) mass is 312 g/mol. The number of benzene rings is 2. The number of hydrogen-bond acceptors (Lipinski definition) is 3. The summed E-state index contributed by atoms with van der Waals surface area (Å²) < 4.78 is 0. The smallest absolute Gasteiger partial charge is 0.319 e. The third kappa shape index (κ3) is 4.66. The van der Waals surface area contributed by atoms with Crippen molar-refractivity contribution in [3.05, 3.63) is 65.2 Å². The van der Waals surface area contributed by atoms with Gasteiger partial charge in [0.05, 0.1) is 6.10 Å². The van der Waals surface area contributed by atoms with Gasteiger partial charge in [0.1, 0.15) is 0 Å². The topological polar surface area (TPSA) is 78.4 Å². The van der Waals surface area contributed by atoms with Crippen molar-refractivity contribution in [2.45, 2.75) is 20.0 Å². The second-order valence-electron chi connectivity index (χ2n) is 5.34. The van der Waals surface area contributed by atoms with Crippen molar-refractivity contribution in [2.75, 3.05) is 11.9 Å². The molecule has 0 bridgehead atoms. The summed E-state index contributed by atoms with van der Waals surface area (Å²) in [6, 6.07) is 13.7. The molecule has 120 valence electrons. The van der Waals surface area contributed by atoms with Crippen LogP contribution in [0.15, 0.2) is 48.5 Å². The lowest BCUT2D eigenvalue weighted by molar-refractivity contribution is 0.101. The summed E-state index contributed by atoms with van der Waals surface area (Å²) in [6.07, 6.45) is -0.762. The lowest BCUT2D eigenvalue weighted by Gasteiger charge is -2.15. The molecule has 0 aliphatic heterocycles. The van der Waals surface area contributed by atoms with Crippen molar-refractivity contribution in [2.24, 2.45) is 0 Å². The number of rotatable bonds is 5. The van der Waals surface area contributed by atoms with Gasteiger partial charge in [-0.25, -0.2) is 4.79 Å². The van der Waals surface area contributed by atoms with Crippen LogP contribution in [0.1, 0.15) is 34.5 Å². The molecule has 0 radical (unpaired) electrons. The van der Waals surface area contributed by atoms with E-state index in [0.717, 1.165) is 11.1 Å². The Labute approximate surface area is 135 Å². The van der Waals surface area contributed by atoms with Crippen LogP contribution in [0.3, 0.4) is 0 Å². The first kappa shape index (κ1) is 16.7. The van der Waals surface area contributed by atoms with Crippen LogP contribution in [0.5, 0.6) is 0 Å². The van der Waals surface area contributed by atoms with E-state index in [4.69, 9.17) is 0 Å². The number of hydrogen-bond donors (Lipinski definition) is 3. The van der Waals surface area contributed by atoms with Crippen molar-refractivity contribution in [1.82, 2.24) is 5.32 Å². The SMILES string of the molecule is CC(=O)c1ccc(NC(=O)NCC(O)c2ccccc2C)cc1. The highest BCUT2D eigenvalue weighted by atomic mass is 16.3. The summed E-state index contributed by atoms with van der Waals surface area (Å²) in [7, 11) is 0. The van der Waals surface area contributed by atoms with Gasteiger partial charge in [0.25, 0.3) is 0 Å². The number of aryl methyl sites for hydroxylation is 1. The quantitative estimate of drug-likeness (QED) is 0.743. The zero-order valence-electron chi connectivity index (χ0n) is 13.2. The van der Waals surface area contributed by atoms with Crippen LogP contribution in [0, 0.1) is 6.92 Å². The molecule has 2 aromatic rings. The molecule has 0 aliphatic rings. The molecule has 3 N–H and O–H groups in total. The normalized spacial score (nSPS) is 11.6. The fourth-order valence-corrected chi connectivity index (χ4v) is 2.22. The van der Waals surface area contributed by atoms with Gasteiger partial charge in [-0.1, -0.05) is 24.3 Å². The Balaban J connectivity index is 1.87. The van der Waals surface area contributed by atoms with Crippen molar-refractivity contribution >= 4 is 17.5 Å². The van der Waals surface area contributed by atoms with Crippen LogP contribution in [0.25, 0.3) is 0 Å². The highest BCUT2D eigenvalue weighted by molar-refractivity contribution is 5.95. The van der Waals surface area contributed by atoms with E-state index < -0.39 is 12.1 Å². The Hall–Kier alpha value is -2.66. The van der Waals surface area contributed by atoms with Crippen molar-refractivity contribution in [3.63, 3.8) is 0 Å². The molecule has 0 aromatic heterocycles. The number of urea groups is 1. The Kier molecular flexibility index (Phi) is 5.49. The van der Waals surface area contributed by atoms with Crippen LogP contribution >= 0.6 is 0 Å². The van der Waals surface area contributed by atoms with E-state index in [0.29, 0.717) is 11.3 Å². The molecule has 23 heavy (non-hydrogen) atoms. The van der Waals surface area contributed by atoms with E-state index in [-0.39, 0.29) is 12.3 Å². The van der Waals surface area contributed by atoms with Gasteiger partial charge in [0.2, 0.25) is 0 Å². The molecule has 1 atom stereocenters. The van der Waals surface area contributed by atoms with E-state index in [1.54, 1.807) is 24.3 Å². The number of amides is 2. The van der Waals surface area contributed by atoms with E-state index in [1.165, 1.54) is 6.92 Å². The molecule has 5 heteroatoms. The molecule has 2 amide bonds. The predicted octanol–water partition coefficient (Wildman–Crippen LogP) is 3.05. The number of carbonyl (C=O) groups excluding carboxylic acids is 2. The van der Waals surface area contributed by atoms with Gasteiger partial charge in [-0.3, -0.25) is 4.79 Å². The van der Waals surface area contributed by atoms with Crippen molar-refractivity contribution in [3.8, 4) is 0 Å². The molecule has 0 spiro atoms. The number of Topliss-reactive ketones (excluding diaryl/α,β-unsaturated/α-hetero) is 1. The Morgan fingerprint density at radius 1 is 1.09 bits per heavy atom. The summed E-state index contributed by atoms with van der Waals surface area (Å²) in [5, 5.41) is 15.4. The zero-order valence-corrected chi connectivity index (χ0v) is 13.2. The third-order valence-corrected chi connectivity index (χ3v) is 3.55. The van der Waals surface area contributed by atoms with Crippen LogP contribution in [-0.4, -0.2) is 23.5 Å². The van der Waals surface area contributed by atoms with E-state index in [2.05, 4.69) is 10.6 Å². The molecule has 2 aromatic carbocycles. The summed E-state index contributed by atoms with van der Waals surface area (Å²) in [6.45, 7) is 3.51. The minimum Gasteiger partial charge on any atom is -0.387 e. The number of ketones is 1. The molecular formula is C18H20N2O3. The zero-order chi connectivity index (χ0) is 16.8. The maximum absolute atomic E-state index is 11.9. The van der Waals surface area contributed by atoms with Crippen LogP contribution < -0.4 is 10.6 Å². The van der Waals surface area contributed by atoms with E-state index in [9.17, 15) is 14.7 Å². The first-order valence-electron chi connectivity index (χ1n) is 7.37. The summed E-state index contributed by atoms with van der Waals surface area (Å²) in [5.41, 5.74) is 2.93. The van der Waals surface area contributed by atoms with E-state index >= 15 is 0 Å². The molecule has 2 rings (SSSR count). The first-order valence-corrected chi connectivity index (χ1v) is 7.37. The van der Waals surface area contributed by atoms with Gasteiger partial charge in [-0.15, -0.1) is 0 Å². The Morgan fingerprint density at radius 3 is 2.35 bits per heavy atom. The van der Waals surface area contributed by atoms with Gasteiger partial charge in [0, 0.05) is 17.8 Å². The van der Waals surface area contributed by atoms with Gasteiger partial charge in [-0.05, 0) is 49.2 Å².